The molecule has 0 aromatic heterocycles. The lowest BCUT2D eigenvalue weighted by Gasteiger charge is -2.27. The molecule has 0 spiro atoms. The third kappa shape index (κ3) is 6.28. The quantitative estimate of drug-likeness (QED) is 0.705. The van der Waals surface area contributed by atoms with E-state index in [1.807, 2.05) is 27.7 Å². The van der Waals surface area contributed by atoms with Gasteiger partial charge in [0.25, 0.3) is 0 Å². The summed E-state index contributed by atoms with van der Waals surface area (Å²) in [6, 6.07) is 0.234. The van der Waals surface area contributed by atoms with Crippen molar-refractivity contribution in [2.24, 2.45) is 5.73 Å². The monoisotopic (exact) mass is 231 g/mol. The van der Waals surface area contributed by atoms with Gasteiger partial charge in [0.1, 0.15) is 0 Å². The van der Waals surface area contributed by atoms with Gasteiger partial charge in [0.05, 0.1) is 4.99 Å². The molecule has 0 aliphatic heterocycles. The minimum Gasteiger partial charge on any atom is -0.393 e. The number of amides is 2. The summed E-state index contributed by atoms with van der Waals surface area (Å²) in [5.41, 5.74) is 5.42. The lowest BCUT2D eigenvalue weighted by Crippen LogP contribution is -2.47. The molecule has 0 heterocycles. The van der Waals surface area contributed by atoms with Crippen molar-refractivity contribution in [1.82, 2.24) is 10.2 Å². The van der Waals surface area contributed by atoms with Crippen molar-refractivity contribution in [3.63, 3.8) is 0 Å². The Kier molecular flexibility index (Phi) is 6.24. The van der Waals surface area contributed by atoms with Gasteiger partial charge in [-0.25, -0.2) is 4.79 Å². The van der Waals surface area contributed by atoms with Gasteiger partial charge >= 0.3 is 6.03 Å². The van der Waals surface area contributed by atoms with Crippen LogP contribution in [0.1, 0.15) is 34.1 Å². The largest absolute Gasteiger partial charge is 0.393 e. The fourth-order valence-electron chi connectivity index (χ4n) is 1.15. The average Bonchev–Trinajstić information content (AvgIpc) is 2.01. The van der Waals surface area contributed by atoms with Crippen molar-refractivity contribution in [2.75, 3.05) is 6.54 Å². The molecule has 0 rings (SSSR count). The van der Waals surface area contributed by atoms with Gasteiger partial charge in [-0.1, -0.05) is 12.2 Å². The Labute approximate surface area is 97.2 Å². The highest BCUT2D eigenvalue weighted by Gasteiger charge is 2.16. The van der Waals surface area contributed by atoms with Crippen molar-refractivity contribution in [2.45, 2.75) is 46.2 Å². The molecular formula is C10H21N3OS. The van der Waals surface area contributed by atoms with Crippen LogP contribution in [0.4, 0.5) is 4.79 Å². The van der Waals surface area contributed by atoms with Gasteiger partial charge in [0.2, 0.25) is 0 Å². The summed E-state index contributed by atoms with van der Waals surface area (Å²) in [4.78, 5) is 13.9. The second-order valence-corrected chi connectivity index (χ2v) is 4.63. The number of carbonyl (C=O) groups excluding carboxylic acids is 1. The summed E-state index contributed by atoms with van der Waals surface area (Å²) >= 11 is 4.79. The van der Waals surface area contributed by atoms with E-state index in [1.165, 1.54) is 0 Å². The molecule has 2 amide bonds. The first-order chi connectivity index (χ1) is 6.84. The number of rotatable bonds is 5. The first-order valence-corrected chi connectivity index (χ1v) is 5.60. The summed E-state index contributed by atoms with van der Waals surface area (Å²) in [7, 11) is 0. The lowest BCUT2D eigenvalue weighted by atomic mass is 10.3. The van der Waals surface area contributed by atoms with E-state index in [1.54, 1.807) is 4.90 Å². The Morgan fingerprint density at radius 3 is 2.27 bits per heavy atom. The lowest BCUT2D eigenvalue weighted by molar-refractivity contribution is 0.182. The number of urea groups is 1. The smallest absolute Gasteiger partial charge is 0.317 e. The first kappa shape index (κ1) is 14.2. The third-order valence-electron chi connectivity index (χ3n) is 1.90. The van der Waals surface area contributed by atoms with Gasteiger partial charge < -0.3 is 16.0 Å². The SMILES string of the molecule is CC(C)NC(=O)N(CCC(N)=S)C(C)C. The average molecular weight is 231 g/mol. The number of nitrogens with one attached hydrogen (secondary N) is 1. The van der Waals surface area contributed by atoms with Gasteiger partial charge in [-0.3, -0.25) is 0 Å². The molecule has 3 N–H and O–H groups in total. The fraction of sp³-hybridized carbons (Fsp3) is 0.800. The number of carbonyl (C=O) groups is 1. The van der Waals surface area contributed by atoms with Crippen LogP contribution in [-0.2, 0) is 0 Å². The highest BCUT2D eigenvalue weighted by Crippen LogP contribution is 2.01. The van der Waals surface area contributed by atoms with E-state index in [0.717, 1.165) is 0 Å². The summed E-state index contributed by atoms with van der Waals surface area (Å²) < 4.78 is 0. The van der Waals surface area contributed by atoms with Crippen molar-refractivity contribution in [1.29, 1.82) is 0 Å². The topological polar surface area (TPSA) is 58.4 Å². The van der Waals surface area contributed by atoms with Crippen molar-refractivity contribution in [3.05, 3.63) is 0 Å². The van der Waals surface area contributed by atoms with Crippen LogP contribution < -0.4 is 11.1 Å². The van der Waals surface area contributed by atoms with E-state index >= 15 is 0 Å². The van der Waals surface area contributed by atoms with E-state index in [2.05, 4.69) is 5.32 Å². The Morgan fingerprint density at radius 2 is 1.93 bits per heavy atom. The van der Waals surface area contributed by atoms with E-state index < -0.39 is 0 Å². The van der Waals surface area contributed by atoms with Crippen molar-refractivity contribution >= 4 is 23.2 Å². The molecule has 15 heavy (non-hydrogen) atoms. The van der Waals surface area contributed by atoms with E-state index in [0.29, 0.717) is 18.0 Å². The highest BCUT2D eigenvalue weighted by molar-refractivity contribution is 7.80. The van der Waals surface area contributed by atoms with Crippen LogP contribution in [0, 0.1) is 0 Å². The second-order valence-electron chi connectivity index (χ2n) is 4.11. The molecule has 0 aliphatic carbocycles. The Morgan fingerprint density at radius 1 is 1.40 bits per heavy atom. The molecule has 0 radical (unpaired) electrons. The summed E-state index contributed by atoms with van der Waals surface area (Å²) in [5, 5.41) is 2.85. The molecule has 0 unspecified atom stereocenters. The first-order valence-electron chi connectivity index (χ1n) is 5.20. The zero-order valence-corrected chi connectivity index (χ0v) is 10.7. The summed E-state index contributed by atoms with van der Waals surface area (Å²) in [5.74, 6) is 0. The molecule has 0 bridgehead atoms. The number of thiocarbonyl (C=S) groups is 1. The molecule has 0 fully saturated rings. The summed E-state index contributed by atoms with van der Waals surface area (Å²) in [6.45, 7) is 8.39. The zero-order valence-electron chi connectivity index (χ0n) is 9.91. The fourth-order valence-corrected chi connectivity index (χ4v) is 1.25. The minimum absolute atomic E-state index is 0.0590. The van der Waals surface area contributed by atoms with E-state index in [4.69, 9.17) is 18.0 Å². The maximum Gasteiger partial charge on any atom is 0.317 e. The van der Waals surface area contributed by atoms with Gasteiger partial charge in [-0.05, 0) is 27.7 Å². The molecule has 0 aliphatic rings. The molecule has 0 aromatic carbocycles. The molecule has 4 nitrogen and oxygen atoms in total. The van der Waals surface area contributed by atoms with Gasteiger partial charge in [-0.2, -0.15) is 0 Å². The molecule has 0 saturated carbocycles. The van der Waals surface area contributed by atoms with Gasteiger partial charge in [0, 0.05) is 25.0 Å². The van der Waals surface area contributed by atoms with Crippen molar-refractivity contribution in [3.8, 4) is 0 Å². The van der Waals surface area contributed by atoms with Crippen LogP contribution in [0.3, 0.4) is 0 Å². The predicted octanol–water partition coefficient (Wildman–Crippen LogP) is 1.49. The molecule has 5 heteroatoms. The van der Waals surface area contributed by atoms with Crippen LogP contribution in [0.2, 0.25) is 0 Å². The zero-order chi connectivity index (χ0) is 12.0. The van der Waals surface area contributed by atoms with Crippen LogP contribution in [-0.4, -0.2) is 34.5 Å². The Hall–Kier alpha value is -0.840. The highest BCUT2D eigenvalue weighted by atomic mass is 32.1. The van der Waals surface area contributed by atoms with Crippen LogP contribution in [0.25, 0.3) is 0 Å². The van der Waals surface area contributed by atoms with Gasteiger partial charge in [0.15, 0.2) is 0 Å². The van der Waals surface area contributed by atoms with Crippen molar-refractivity contribution < 1.29 is 4.79 Å². The Bertz CT molecular complexity index is 229. The van der Waals surface area contributed by atoms with E-state index in [9.17, 15) is 4.79 Å². The third-order valence-corrected chi connectivity index (χ3v) is 2.10. The normalized spacial score (nSPS) is 10.5. The van der Waals surface area contributed by atoms with Crippen LogP contribution >= 0.6 is 12.2 Å². The Balaban J connectivity index is 4.25. The van der Waals surface area contributed by atoms with Gasteiger partial charge in [-0.15, -0.1) is 0 Å². The summed E-state index contributed by atoms with van der Waals surface area (Å²) in [6.07, 6.45) is 0.568. The molecular weight excluding hydrogens is 210 g/mol. The van der Waals surface area contributed by atoms with Crippen LogP contribution in [0.5, 0.6) is 0 Å². The molecule has 0 atom stereocenters. The van der Waals surface area contributed by atoms with E-state index in [-0.39, 0.29) is 18.1 Å². The molecule has 88 valence electrons. The standard InChI is InChI=1S/C10H21N3OS/c1-7(2)12-10(14)13(8(3)4)6-5-9(11)15/h7-8H,5-6H2,1-4H3,(H2,11,15)(H,12,14). The van der Waals surface area contributed by atoms with Crippen LogP contribution in [0.15, 0.2) is 0 Å². The maximum atomic E-state index is 11.7. The molecule has 0 saturated heterocycles. The number of nitrogens with two attached hydrogens (primary N) is 1. The predicted molar refractivity (Wildman–Crippen MR) is 66.9 cm³/mol. The second kappa shape index (κ2) is 6.61. The minimum atomic E-state index is -0.0590. The number of hydrogen-bond donors (Lipinski definition) is 2. The molecule has 0 aromatic rings. The maximum absolute atomic E-state index is 11.7. The number of hydrogen-bond acceptors (Lipinski definition) is 2. The number of nitrogens with zero attached hydrogens (tertiary/aromatic N) is 1.